The van der Waals surface area contributed by atoms with Crippen LogP contribution < -0.4 is 5.73 Å². The van der Waals surface area contributed by atoms with Crippen LogP contribution in [0.25, 0.3) is 10.8 Å². The maximum atomic E-state index is 6.64. The third-order valence-electron chi connectivity index (χ3n) is 4.35. The Labute approximate surface area is 125 Å². The Balaban J connectivity index is 2.10. The van der Waals surface area contributed by atoms with E-state index in [0.717, 1.165) is 10.9 Å². The van der Waals surface area contributed by atoms with E-state index in [4.69, 9.17) is 5.73 Å². The number of hydrogen-bond donors (Lipinski definition) is 1. The summed E-state index contributed by atoms with van der Waals surface area (Å²) < 4.78 is 0. The highest BCUT2D eigenvalue weighted by molar-refractivity contribution is 5.85. The standard InChI is InChI=1S/C19H20N2/c1-19(2,15-8-4-3-5-9-15)18(20)16-10-6-7-14-11-12-21-13-17(14)16/h3-13,18H,20H2,1-2H3. The molecule has 0 amide bonds. The number of aromatic nitrogens is 1. The summed E-state index contributed by atoms with van der Waals surface area (Å²) in [6, 6.07) is 18.7. The van der Waals surface area contributed by atoms with E-state index in [1.165, 1.54) is 10.9 Å². The van der Waals surface area contributed by atoms with E-state index >= 15 is 0 Å². The molecule has 21 heavy (non-hydrogen) atoms. The van der Waals surface area contributed by atoms with Crippen molar-refractivity contribution in [3.05, 3.63) is 78.1 Å². The van der Waals surface area contributed by atoms with Crippen LogP contribution in [-0.4, -0.2) is 4.98 Å². The van der Waals surface area contributed by atoms with Gasteiger partial charge in [0.15, 0.2) is 0 Å². The third-order valence-corrected chi connectivity index (χ3v) is 4.35. The molecule has 0 saturated carbocycles. The van der Waals surface area contributed by atoms with Gasteiger partial charge in [0.25, 0.3) is 0 Å². The molecule has 1 heterocycles. The molecule has 1 aromatic heterocycles. The molecule has 0 bridgehead atoms. The Morgan fingerprint density at radius 1 is 0.952 bits per heavy atom. The number of rotatable bonds is 3. The van der Waals surface area contributed by atoms with Crippen molar-refractivity contribution in [3.8, 4) is 0 Å². The van der Waals surface area contributed by atoms with Crippen molar-refractivity contribution in [1.82, 2.24) is 4.98 Å². The van der Waals surface area contributed by atoms with Gasteiger partial charge in [-0.05, 0) is 22.6 Å². The molecule has 2 N–H and O–H groups in total. The number of hydrogen-bond acceptors (Lipinski definition) is 2. The minimum absolute atomic E-state index is 0.0900. The Morgan fingerprint density at radius 2 is 1.71 bits per heavy atom. The number of benzene rings is 2. The lowest BCUT2D eigenvalue weighted by Crippen LogP contribution is -2.33. The van der Waals surface area contributed by atoms with Crippen molar-refractivity contribution in [2.24, 2.45) is 5.73 Å². The van der Waals surface area contributed by atoms with E-state index in [0.29, 0.717) is 0 Å². The van der Waals surface area contributed by atoms with Gasteiger partial charge in [0, 0.05) is 29.2 Å². The predicted octanol–water partition coefficient (Wildman–Crippen LogP) is 4.21. The second-order valence-corrected chi connectivity index (χ2v) is 6.01. The normalized spacial score (nSPS) is 13.3. The largest absolute Gasteiger partial charge is 0.323 e. The first kappa shape index (κ1) is 13.8. The Hall–Kier alpha value is -2.19. The molecule has 106 valence electrons. The minimum Gasteiger partial charge on any atom is -0.323 e. The molecule has 1 unspecified atom stereocenters. The van der Waals surface area contributed by atoms with Crippen LogP contribution in [0.3, 0.4) is 0 Å². The molecule has 2 aromatic carbocycles. The van der Waals surface area contributed by atoms with Gasteiger partial charge >= 0.3 is 0 Å². The van der Waals surface area contributed by atoms with Gasteiger partial charge in [-0.15, -0.1) is 0 Å². The second kappa shape index (κ2) is 5.30. The number of nitrogens with zero attached hydrogens (tertiary/aromatic N) is 1. The molecular formula is C19H20N2. The van der Waals surface area contributed by atoms with Crippen molar-refractivity contribution < 1.29 is 0 Å². The SMILES string of the molecule is CC(C)(c1ccccc1)C(N)c1cccc2ccncc12. The van der Waals surface area contributed by atoms with Gasteiger partial charge in [0.1, 0.15) is 0 Å². The van der Waals surface area contributed by atoms with E-state index < -0.39 is 0 Å². The van der Waals surface area contributed by atoms with Crippen LogP contribution in [0.15, 0.2) is 67.0 Å². The molecule has 0 spiro atoms. The van der Waals surface area contributed by atoms with E-state index in [2.05, 4.69) is 61.3 Å². The molecule has 3 aromatic rings. The topological polar surface area (TPSA) is 38.9 Å². The van der Waals surface area contributed by atoms with E-state index in [9.17, 15) is 0 Å². The molecular weight excluding hydrogens is 256 g/mol. The lowest BCUT2D eigenvalue weighted by molar-refractivity contribution is 0.423. The zero-order valence-corrected chi connectivity index (χ0v) is 12.5. The Bertz CT molecular complexity index is 742. The smallest absolute Gasteiger partial charge is 0.0394 e. The Kier molecular flexibility index (Phi) is 3.48. The van der Waals surface area contributed by atoms with E-state index in [1.807, 2.05) is 24.5 Å². The van der Waals surface area contributed by atoms with Crippen molar-refractivity contribution in [2.75, 3.05) is 0 Å². The molecule has 0 radical (unpaired) electrons. The molecule has 1 atom stereocenters. The molecule has 2 heteroatoms. The summed E-state index contributed by atoms with van der Waals surface area (Å²) in [7, 11) is 0. The molecule has 0 aliphatic rings. The number of fused-ring (bicyclic) bond motifs is 1. The van der Waals surface area contributed by atoms with Gasteiger partial charge in [-0.3, -0.25) is 4.98 Å². The fraction of sp³-hybridized carbons (Fsp3) is 0.211. The first-order valence-electron chi connectivity index (χ1n) is 7.24. The van der Waals surface area contributed by atoms with Crippen LogP contribution in [0.1, 0.15) is 31.0 Å². The lowest BCUT2D eigenvalue weighted by Gasteiger charge is -2.33. The van der Waals surface area contributed by atoms with Crippen LogP contribution in [-0.2, 0) is 5.41 Å². The van der Waals surface area contributed by atoms with Gasteiger partial charge in [0.2, 0.25) is 0 Å². The van der Waals surface area contributed by atoms with Crippen molar-refractivity contribution in [3.63, 3.8) is 0 Å². The van der Waals surface area contributed by atoms with Crippen molar-refractivity contribution in [2.45, 2.75) is 25.3 Å². The summed E-state index contributed by atoms with van der Waals surface area (Å²) in [6.07, 6.45) is 3.73. The molecule has 3 rings (SSSR count). The first-order chi connectivity index (χ1) is 10.1. The first-order valence-corrected chi connectivity index (χ1v) is 7.24. The van der Waals surface area contributed by atoms with Crippen molar-refractivity contribution >= 4 is 10.8 Å². The minimum atomic E-state index is -0.147. The molecule has 0 aliphatic heterocycles. The Morgan fingerprint density at radius 3 is 2.48 bits per heavy atom. The molecule has 0 fully saturated rings. The maximum Gasteiger partial charge on any atom is 0.0394 e. The summed E-state index contributed by atoms with van der Waals surface area (Å²) in [4.78, 5) is 4.26. The maximum absolute atomic E-state index is 6.64. The fourth-order valence-corrected chi connectivity index (χ4v) is 2.84. The molecule has 0 aliphatic carbocycles. The lowest BCUT2D eigenvalue weighted by atomic mass is 9.74. The summed E-state index contributed by atoms with van der Waals surface area (Å²) in [5, 5.41) is 2.32. The van der Waals surface area contributed by atoms with E-state index in [1.54, 1.807) is 0 Å². The quantitative estimate of drug-likeness (QED) is 0.778. The number of pyridine rings is 1. The summed E-state index contributed by atoms with van der Waals surface area (Å²) in [5.74, 6) is 0. The fourth-order valence-electron chi connectivity index (χ4n) is 2.84. The van der Waals surface area contributed by atoms with Crippen LogP contribution in [0.2, 0.25) is 0 Å². The molecule has 0 saturated heterocycles. The van der Waals surface area contributed by atoms with Crippen LogP contribution in [0.5, 0.6) is 0 Å². The summed E-state index contributed by atoms with van der Waals surface area (Å²) in [5.41, 5.74) is 8.89. The zero-order valence-electron chi connectivity index (χ0n) is 12.5. The monoisotopic (exact) mass is 276 g/mol. The van der Waals surface area contributed by atoms with Crippen LogP contribution >= 0.6 is 0 Å². The highest BCUT2D eigenvalue weighted by atomic mass is 14.7. The highest BCUT2D eigenvalue weighted by Gasteiger charge is 2.30. The summed E-state index contributed by atoms with van der Waals surface area (Å²) in [6.45, 7) is 4.39. The summed E-state index contributed by atoms with van der Waals surface area (Å²) >= 11 is 0. The average molecular weight is 276 g/mol. The highest BCUT2D eigenvalue weighted by Crippen LogP contribution is 2.37. The van der Waals surface area contributed by atoms with E-state index in [-0.39, 0.29) is 11.5 Å². The van der Waals surface area contributed by atoms with Gasteiger partial charge in [-0.2, -0.15) is 0 Å². The molecule has 2 nitrogen and oxygen atoms in total. The van der Waals surface area contributed by atoms with Gasteiger partial charge in [0.05, 0.1) is 0 Å². The van der Waals surface area contributed by atoms with Crippen molar-refractivity contribution in [1.29, 1.82) is 0 Å². The third kappa shape index (κ3) is 2.43. The van der Waals surface area contributed by atoms with Crippen LogP contribution in [0.4, 0.5) is 0 Å². The average Bonchev–Trinajstić information content (AvgIpc) is 2.54. The van der Waals surface area contributed by atoms with Gasteiger partial charge < -0.3 is 5.73 Å². The number of nitrogens with two attached hydrogens (primary N) is 1. The van der Waals surface area contributed by atoms with Gasteiger partial charge in [-0.25, -0.2) is 0 Å². The zero-order chi connectivity index (χ0) is 14.9. The van der Waals surface area contributed by atoms with Gasteiger partial charge in [-0.1, -0.05) is 62.4 Å². The second-order valence-electron chi connectivity index (χ2n) is 6.01. The predicted molar refractivity (Wildman–Crippen MR) is 88.1 cm³/mol. The van der Waals surface area contributed by atoms with Crippen LogP contribution in [0, 0.1) is 0 Å².